The Hall–Kier alpha value is -2.45. The molecule has 2 aliphatic heterocycles. The summed E-state index contributed by atoms with van der Waals surface area (Å²) in [6, 6.07) is 2.35. The topological polar surface area (TPSA) is 67.4 Å². The minimum Gasteiger partial charge on any atom is -0.472 e. The van der Waals surface area contributed by atoms with Gasteiger partial charge in [-0.15, -0.1) is 11.3 Å². The number of rotatable bonds is 6. The van der Waals surface area contributed by atoms with Gasteiger partial charge in [-0.25, -0.2) is 9.97 Å². The second-order valence-corrected chi connectivity index (χ2v) is 10.2. The Balaban J connectivity index is 1.43. The molecule has 8 heteroatoms. The quantitative estimate of drug-likeness (QED) is 0.584. The third-order valence-corrected chi connectivity index (χ3v) is 7.56. The second kappa shape index (κ2) is 7.91. The van der Waals surface area contributed by atoms with Crippen LogP contribution in [0.5, 0.6) is 0 Å². The van der Waals surface area contributed by atoms with Gasteiger partial charge < -0.3 is 13.9 Å². The number of imidazole rings is 1. The van der Waals surface area contributed by atoms with Gasteiger partial charge in [0.2, 0.25) is 5.91 Å². The minimum absolute atomic E-state index is 0.0917. The maximum Gasteiger partial charge on any atom is 0.231 e. The number of amides is 1. The molecule has 2 saturated heterocycles. The molecule has 1 amide bonds. The van der Waals surface area contributed by atoms with Crippen molar-refractivity contribution in [3.8, 4) is 0 Å². The SMILES string of the molecule is Cc1nc(CN2CC[C@]3(CN(Cc4ccoc4)C[C@@H]3c3cn(C(C)C)cn3)C2=O)cs1. The lowest BCUT2D eigenvalue weighted by atomic mass is 9.75. The Morgan fingerprint density at radius 2 is 2.23 bits per heavy atom. The molecule has 5 rings (SSSR count). The van der Waals surface area contributed by atoms with E-state index < -0.39 is 5.41 Å². The summed E-state index contributed by atoms with van der Waals surface area (Å²) in [5.41, 5.74) is 2.74. The zero-order chi connectivity index (χ0) is 21.6. The average molecular weight is 440 g/mol. The number of hydrogen-bond donors (Lipinski definition) is 0. The number of likely N-dealkylation sites (tertiary alicyclic amines) is 2. The van der Waals surface area contributed by atoms with E-state index in [1.54, 1.807) is 23.9 Å². The fourth-order valence-corrected chi connectivity index (χ4v) is 5.72. The first-order valence-corrected chi connectivity index (χ1v) is 11.8. The molecule has 31 heavy (non-hydrogen) atoms. The zero-order valence-electron chi connectivity index (χ0n) is 18.3. The Kier molecular flexibility index (Phi) is 5.22. The number of nitrogens with zero attached hydrogens (tertiary/aromatic N) is 5. The first kappa shape index (κ1) is 20.5. The second-order valence-electron chi connectivity index (χ2n) is 9.18. The van der Waals surface area contributed by atoms with Crippen LogP contribution in [-0.4, -0.2) is 49.9 Å². The summed E-state index contributed by atoms with van der Waals surface area (Å²) in [6.45, 7) is 10.1. The van der Waals surface area contributed by atoms with Gasteiger partial charge in [0, 0.05) is 55.3 Å². The highest BCUT2D eigenvalue weighted by Crippen LogP contribution is 2.50. The maximum atomic E-state index is 13.8. The number of aromatic nitrogens is 3. The maximum absolute atomic E-state index is 13.8. The molecule has 3 aromatic rings. The van der Waals surface area contributed by atoms with E-state index in [1.807, 2.05) is 24.2 Å². The molecule has 3 aromatic heterocycles. The summed E-state index contributed by atoms with van der Waals surface area (Å²) in [5, 5.41) is 3.11. The summed E-state index contributed by atoms with van der Waals surface area (Å²) < 4.78 is 7.40. The monoisotopic (exact) mass is 439 g/mol. The molecule has 0 N–H and O–H groups in total. The molecule has 5 heterocycles. The number of carbonyl (C=O) groups is 1. The summed E-state index contributed by atoms with van der Waals surface area (Å²) >= 11 is 1.64. The van der Waals surface area contributed by atoms with Gasteiger partial charge in [-0.2, -0.15) is 0 Å². The van der Waals surface area contributed by atoms with Crippen LogP contribution < -0.4 is 0 Å². The third-order valence-electron chi connectivity index (χ3n) is 6.74. The Morgan fingerprint density at radius 3 is 2.90 bits per heavy atom. The molecule has 0 unspecified atom stereocenters. The van der Waals surface area contributed by atoms with Crippen LogP contribution in [-0.2, 0) is 17.9 Å². The standard InChI is InChI=1S/C23H29N5O2S/c1-16(2)28-11-21(24-15-28)20-10-26(8-18-4-7-30-12-18)14-23(20)5-6-27(22(23)29)9-19-13-31-17(3)25-19/h4,7,11-13,15-16,20H,5-6,8-10,14H2,1-3H3/t20-,23-/m1/s1. The lowest BCUT2D eigenvalue weighted by Crippen LogP contribution is -2.39. The van der Waals surface area contributed by atoms with Crippen LogP contribution in [0.3, 0.4) is 0 Å². The van der Waals surface area contributed by atoms with Crippen molar-refractivity contribution in [2.45, 2.75) is 52.2 Å². The number of thiazole rings is 1. The molecule has 7 nitrogen and oxygen atoms in total. The van der Waals surface area contributed by atoms with Crippen molar-refractivity contribution >= 4 is 17.2 Å². The van der Waals surface area contributed by atoms with Gasteiger partial charge in [0.05, 0.1) is 47.2 Å². The fraction of sp³-hybridized carbons (Fsp3) is 0.522. The Bertz CT molecular complexity index is 1060. The smallest absolute Gasteiger partial charge is 0.231 e. The number of furan rings is 1. The molecule has 2 fully saturated rings. The van der Waals surface area contributed by atoms with E-state index >= 15 is 0 Å². The van der Waals surface area contributed by atoms with Crippen molar-refractivity contribution in [1.82, 2.24) is 24.3 Å². The molecule has 164 valence electrons. The van der Waals surface area contributed by atoms with Crippen molar-refractivity contribution in [1.29, 1.82) is 0 Å². The Morgan fingerprint density at radius 1 is 1.35 bits per heavy atom. The molecule has 0 saturated carbocycles. The summed E-state index contributed by atoms with van der Waals surface area (Å²) in [6.07, 6.45) is 8.40. The van der Waals surface area contributed by atoms with E-state index in [1.165, 1.54) is 0 Å². The molecule has 1 spiro atoms. The number of aryl methyl sites for hydroxylation is 1. The van der Waals surface area contributed by atoms with E-state index in [9.17, 15) is 4.79 Å². The third kappa shape index (κ3) is 3.72. The van der Waals surface area contributed by atoms with Gasteiger partial charge in [0.25, 0.3) is 0 Å². The van der Waals surface area contributed by atoms with Gasteiger partial charge in [0.1, 0.15) is 0 Å². The molecular weight excluding hydrogens is 410 g/mol. The minimum atomic E-state index is -0.426. The molecule has 0 aromatic carbocycles. The van der Waals surface area contributed by atoms with Crippen molar-refractivity contribution in [3.05, 3.63) is 58.5 Å². The van der Waals surface area contributed by atoms with E-state index in [-0.39, 0.29) is 11.8 Å². The summed E-state index contributed by atoms with van der Waals surface area (Å²) in [4.78, 5) is 27.6. The number of hydrogen-bond acceptors (Lipinski definition) is 6. The van der Waals surface area contributed by atoms with E-state index in [4.69, 9.17) is 9.40 Å². The van der Waals surface area contributed by atoms with Crippen LogP contribution in [0.4, 0.5) is 0 Å². The molecular formula is C23H29N5O2S. The normalized spacial score (nSPS) is 24.3. The van der Waals surface area contributed by atoms with Crippen molar-refractivity contribution < 1.29 is 9.21 Å². The molecule has 0 bridgehead atoms. The predicted octanol–water partition coefficient (Wildman–Crippen LogP) is 3.84. The van der Waals surface area contributed by atoms with Gasteiger partial charge in [-0.1, -0.05) is 0 Å². The summed E-state index contributed by atoms with van der Waals surface area (Å²) in [5.74, 6) is 0.339. The van der Waals surface area contributed by atoms with Crippen molar-refractivity contribution in [3.63, 3.8) is 0 Å². The highest BCUT2D eigenvalue weighted by atomic mass is 32.1. The van der Waals surface area contributed by atoms with Gasteiger partial charge in [0.15, 0.2) is 0 Å². The van der Waals surface area contributed by atoms with Crippen LogP contribution in [0.25, 0.3) is 0 Å². The van der Waals surface area contributed by atoms with Crippen molar-refractivity contribution in [2.24, 2.45) is 5.41 Å². The first-order chi connectivity index (χ1) is 14.9. The fourth-order valence-electron chi connectivity index (χ4n) is 5.11. The van der Waals surface area contributed by atoms with Crippen LogP contribution in [0, 0.1) is 12.3 Å². The summed E-state index contributed by atoms with van der Waals surface area (Å²) in [7, 11) is 0. The van der Waals surface area contributed by atoms with Crippen LogP contribution in [0.15, 0.2) is 40.9 Å². The highest BCUT2D eigenvalue weighted by Gasteiger charge is 2.57. The lowest BCUT2D eigenvalue weighted by Gasteiger charge is -2.28. The molecule has 2 atom stereocenters. The average Bonchev–Trinajstić information content (AvgIpc) is 3.53. The van der Waals surface area contributed by atoms with Crippen LogP contribution >= 0.6 is 11.3 Å². The van der Waals surface area contributed by atoms with Gasteiger partial charge in [-0.05, 0) is 33.3 Å². The highest BCUT2D eigenvalue weighted by molar-refractivity contribution is 7.09. The molecule has 0 radical (unpaired) electrons. The largest absolute Gasteiger partial charge is 0.472 e. The lowest BCUT2D eigenvalue weighted by molar-refractivity contribution is -0.136. The predicted molar refractivity (Wildman–Crippen MR) is 119 cm³/mol. The van der Waals surface area contributed by atoms with E-state index in [0.29, 0.717) is 12.6 Å². The molecule has 0 aliphatic carbocycles. The zero-order valence-corrected chi connectivity index (χ0v) is 19.1. The van der Waals surface area contributed by atoms with Crippen LogP contribution in [0.2, 0.25) is 0 Å². The van der Waals surface area contributed by atoms with Crippen molar-refractivity contribution in [2.75, 3.05) is 19.6 Å². The number of carbonyl (C=O) groups excluding carboxylic acids is 1. The van der Waals surface area contributed by atoms with Gasteiger partial charge >= 0.3 is 0 Å². The van der Waals surface area contributed by atoms with E-state index in [2.05, 4.69) is 39.9 Å². The van der Waals surface area contributed by atoms with Gasteiger partial charge in [-0.3, -0.25) is 9.69 Å². The van der Waals surface area contributed by atoms with E-state index in [0.717, 1.165) is 54.6 Å². The molecule has 2 aliphatic rings. The first-order valence-electron chi connectivity index (χ1n) is 10.9. The Labute approximate surface area is 186 Å². The van der Waals surface area contributed by atoms with Crippen LogP contribution in [0.1, 0.15) is 54.2 Å².